The highest BCUT2D eigenvalue weighted by atomic mass is 16.3. The highest BCUT2D eigenvalue weighted by Crippen LogP contribution is 2.41. The average molecular weight is 268 g/mol. The number of hydrogen-bond acceptors (Lipinski definition) is 2. The third kappa shape index (κ3) is 2.69. The van der Waals surface area contributed by atoms with Gasteiger partial charge in [-0.2, -0.15) is 0 Å². The normalized spacial score (nSPS) is 11.1. The number of hydrogen-bond donors (Lipinski definition) is 2. The lowest BCUT2D eigenvalue weighted by Gasteiger charge is -2.14. The fraction of sp³-hybridized carbons (Fsp3) is 0.222. The van der Waals surface area contributed by atoms with Gasteiger partial charge in [0, 0.05) is 11.1 Å². The molecule has 2 N–H and O–H groups in total. The number of rotatable bonds is 4. The third-order valence-corrected chi connectivity index (χ3v) is 3.34. The Kier molecular flexibility index (Phi) is 4.46. The Morgan fingerprint density at radius 3 is 2.35 bits per heavy atom. The van der Waals surface area contributed by atoms with Crippen molar-refractivity contribution in [3.8, 4) is 22.6 Å². The van der Waals surface area contributed by atoms with Gasteiger partial charge in [0.05, 0.1) is 0 Å². The molecule has 0 amide bonds. The molecule has 0 saturated heterocycles. The summed E-state index contributed by atoms with van der Waals surface area (Å²) in [5, 5.41) is 20.6. The van der Waals surface area contributed by atoms with Gasteiger partial charge in [-0.05, 0) is 30.5 Å². The van der Waals surface area contributed by atoms with E-state index in [1.54, 1.807) is 0 Å². The molecule has 0 fully saturated rings. The molecule has 2 heteroatoms. The van der Waals surface area contributed by atoms with Gasteiger partial charge in [0.1, 0.15) is 0 Å². The first-order chi connectivity index (χ1) is 9.69. The van der Waals surface area contributed by atoms with Crippen LogP contribution in [-0.2, 0) is 6.42 Å². The minimum atomic E-state index is -0.0343. The van der Waals surface area contributed by atoms with Crippen LogP contribution in [0.5, 0.6) is 11.5 Å². The van der Waals surface area contributed by atoms with E-state index in [9.17, 15) is 10.2 Å². The Bertz CT molecular complexity index is 613. The Morgan fingerprint density at radius 2 is 1.75 bits per heavy atom. The van der Waals surface area contributed by atoms with Crippen LogP contribution in [-0.4, -0.2) is 10.2 Å². The number of allylic oxidation sites excluding steroid dienone is 1. The van der Waals surface area contributed by atoms with Gasteiger partial charge in [-0.15, -0.1) is 0 Å². The van der Waals surface area contributed by atoms with Crippen LogP contribution in [0, 0.1) is 0 Å². The molecule has 0 unspecified atom stereocenters. The van der Waals surface area contributed by atoms with E-state index < -0.39 is 0 Å². The lowest BCUT2D eigenvalue weighted by atomic mass is 9.94. The molecule has 0 spiro atoms. The predicted molar refractivity (Wildman–Crippen MR) is 83.9 cm³/mol. The van der Waals surface area contributed by atoms with Crippen molar-refractivity contribution in [3.63, 3.8) is 0 Å². The van der Waals surface area contributed by atoms with E-state index in [4.69, 9.17) is 0 Å². The van der Waals surface area contributed by atoms with Crippen molar-refractivity contribution in [1.29, 1.82) is 0 Å². The molecule has 2 aromatic carbocycles. The van der Waals surface area contributed by atoms with Gasteiger partial charge in [-0.1, -0.05) is 55.8 Å². The number of phenolic OH excluding ortho intramolecular Hbond substituents is 2. The zero-order chi connectivity index (χ0) is 14.5. The van der Waals surface area contributed by atoms with Crippen molar-refractivity contribution in [3.05, 3.63) is 53.6 Å². The first-order valence-corrected chi connectivity index (χ1v) is 6.95. The molecular formula is C18H20O2. The second-order valence-electron chi connectivity index (χ2n) is 4.81. The monoisotopic (exact) mass is 268 g/mol. The molecule has 0 saturated carbocycles. The number of phenols is 2. The molecule has 2 aromatic rings. The topological polar surface area (TPSA) is 40.5 Å². The average Bonchev–Trinajstić information content (AvgIpc) is 2.48. The van der Waals surface area contributed by atoms with E-state index in [-0.39, 0.29) is 11.5 Å². The zero-order valence-corrected chi connectivity index (χ0v) is 11.9. The Hall–Kier alpha value is -2.22. The fourth-order valence-electron chi connectivity index (χ4n) is 2.40. The molecule has 2 nitrogen and oxygen atoms in total. The summed E-state index contributed by atoms with van der Waals surface area (Å²) in [6, 6.07) is 11.6. The molecule has 0 atom stereocenters. The standard InChI is InChI=1S/C18H20O2/c1-3-8-14-12-16(13-10-6-5-7-11-13)18(20)17(19)15(14)9-4-2/h3,5-8,10-12,19-20H,4,9H2,1-2H3. The maximum atomic E-state index is 10.3. The van der Waals surface area contributed by atoms with Crippen molar-refractivity contribution in [2.75, 3.05) is 0 Å². The molecule has 0 radical (unpaired) electrons. The van der Waals surface area contributed by atoms with Crippen LogP contribution in [0.4, 0.5) is 0 Å². The SMILES string of the molecule is CC=Cc1cc(-c2ccccc2)c(O)c(O)c1CCC. The van der Waals surface area contributed by atoms with E-state index in [1.165, 1.54) is 0 Å². The summed E-state index contributed by atoms with van der Waals surface area (Å²) in [4.78, 5) is 0. The maximum Gasteiger partial charge on any atom is 0.165 e. The predicted octanol–water partition coefficient (Wildman–Crippen LogP) is 4.75. The van der Waals surface area contributed by atoms with Crippen LogP contribution in [0.15, 0.2) is 42.5 Å². The van der Waals surface area contributed by atoms with E-state index in [1.807, 2.05) is 55.5 Å². The molecule has 0 aliphatic heterocycles. The lowest BCUT2D eigenvalue weighted by Crippen LogP contribution is -1.93. The van der Waals surface area contributed by atoms with E-state index in [0.717, 1.165) is 29.5 Å². The summed E-state index contributed by atoms with van der Waals surface area (Å²) in [5.41, 5.74) is 3.33. The molecule has 0 bridgehead atoms. The van der Waals surface area contributed by atoms with Crippen LogP contribution in [0.25, 0.3) is 17.2 Å². The van der Waals surface area contributed by atoms with Gasteiger partial charge >= 0.3 is 0 Å². The molecule has 2 rings (SSSR count). The van der Waals surface area contributed by atoms with Crippen LogP contribution in [0.1, 0.15) is 31.4 Å². The Morgan fingerprint density at radius 1 is 1.05 bits per heavy atom. The minimum Gasteiger partial charge on any atom is -0.504 e. The molecule has 0 aliphatic carbocycles. The van der Waals surface area contributed by atoms with E-state index in [2.05, 4.69) is 6.92 Å². The lowest BCUT2D eigenvalue weighted by molar-refractivity contribution is 0.400. The van der Waals surface area contributed by atoms with Crippen molar-refractivity contribution in [2.24, 2.45) is 0 Å². The van der Waals surface area contributed by atoms with Gasteiger partial charge in [-0.25, -0.2) is 0 Å². The third-order valence-electron chi connectivity index (χ3n) is 3.34. The van der Waals surface area contributed by atoms with Crippen molar-refractivity contribution in [2.45, 2.75) is 26.7 Å². The Labute approximate surface area is 120 Å². The summed E-state index contributed by atoms with van der Waals surface area (Å²) in [6.45, 7) is 4.00. The molecule has 20 heavy (non-hydrogen) atoms. The summed E-state index contributed by atoms with van der Waals surface area (Å²) in [7, 11) is 0. The van der Waals surface area contributed by atoms with Crippen LogP contribution in [0.2, 0.25) is 0 Å². The summed E-state index contributed by atoms with van der Waals surface area (Å²) in [5.74, 6) is -0.0331. The van der Waals surface area contributed by atoms with Crippen LogP contribution in [0.3, 0.4) is 0 Å². The number of benzene rings is 2. The fourth-order valence-corrected chi connectivity index (χ4v) is 2.40. The molecular weight excluding hydrogens is 248 g/mol. The second-order valence-corrected chi connectivity index (χ2v) is 4.81. The molecule has 0 aliphatic rings. The van der Waals surface area contributed by atoms with Gasteiger partial charge in [0.15, 0.2) is 11.5 Å². The van der Waals surface area contributed by atoms with Gasteiger partial charge in [-0.3, -0.25) is 0 Å². The van der Waals surface area contributed by atoms with E-state index in [0.29, 0.717) is 5.56 Å². The molecule has 104 valence electrons. The van der Waals surface area contributed by atoms with Gasteiger partial charge in [0.2, 0.25) is 0 Å². The highest BCUT2D eigenvalue weighted by molar-refractivity contribution is 5.78. The van der Waals surface area contributed by atoms with Crippen molar-refractivity contribution < 1.29 is 10.2 Å². The van der Waals surface area contributed by atoms with Crippen LogP contribution >= 0.6 is 0 Å². The first-order valence-electron chi connectivity index (χ1n) is 6.95. The number of aromatic hydroxyl groups is 2. The second kappa shape index (κ2) is 6.29. The maximum absolute atomic E-state index is 10.3. The molecule has 0 aromatic heterocycles. The van der Waals surface area contributed by atoms with Gasteiger partial charge < -0.3 is 10.2 Å². The summed E-state index contributed by atoms with van der Waals surface area (Å²) >= 11 is 0. The quantitative estimate of drug-likeness (QED) is 0.785. The van der Waals surface area contributed by atoms with E-state index >= 15 is 0 Å². The minimum absolute atomic E-state index is 0.00121. The summed E-state index contributed by atoms with van der Waals surface area (Å²) in [6.07, 6.45) is 5.58. The largest absolute Gasteiger partial charge is 0.504 e. The smallest absolute Gasteiger partial charge is 0.165 e. The van der Waals surface area contributed by atoms with Gasteiger partial charge in [0.25, 0.3) is 0 Å². The Balaban J connectivity index is 2.66. The zero-order valence-electron chi connectivity index (χ0n) is 11.9. The summed E-state index contributed by atoms with van der Waals surface area (Å²) < 4.78 is 0. The first kappa shape index (κ1) is 14.2. The van der Waals surface area contributed by atoms with Crippen molar-refractivity contribution in [1.82, 2.24) is 0 Å². The van der Waals surface area contributed by atoms with Crippen molar-refractivity contribution >= 4 is 6.08 Å². The van der Waals surface area contributed by atoms with Crippen LogP contribution < -0.4 is 0 Å². The highest BCUT2D eigenvalue weighted by Gasteiger charge is 2.16. The molecule has 0 heterocycles.